The Kier molecular flexibility index (Phi) is 3.48. The van der Waals surface area contributed by atoms with Gasteiger partial charge in [-0.3, -0.25) is 0 Å². The van der Waals surface area contributed by atoms with Crippen LogP contribution in [-0.4, -0.2) is 4.98 Å². The van der Waals surface area contributed by atoms with Gasteiger partial charge in [-0.1, -0.05) is 54.1 Å². The summed E-state index contributed by atoms with van der Waals surface area (Å²) in [6.07, 6.45) is 3.77. The fourth-order valence-electron chi connectivity index (χ4n) is 1.99. The van der Waals surface area contributed by atoms with E-state index in [0.717, 1.165) is 22.0 Å². The summed E-state index contributed by atoms with van der Waals surface area (Å²) in [6, 6.07) is 16.1. The average Bonchev–Trinajstić information content (AvgIpc) is 2.47. The number of fused-ring (bicyclic) bond motifs is 1. The van der Waals surface area contributed by atoms with Gasteiger partial charge in [-0.2, -0.15) is 0 Å². The van der Waals surface area contributed by atoms with Crippen LogP contribution < -0.4 is 0 Å². The number of benzene rings is 2. The Morgan fingerprint density at radius 1 is 0.950 bits per heavy atom. The van der Waals surface area contributed by atoms with Crippen LogP contribution in [0.1, 0.15) is 11.1 Å². The number of para-hydroxylation sites is 1. The zero-order valence-electron chi connectivity index (χ0n) is 10.6. The van der Waals surface area contributed by atoms with Gasteiger partial charge < -0.3 is 0 Å². The standard InChI is InChI=1S/C17H11ClFN/c18-17-14(8-5-12-6-9-15(19)10-7-12)11-13-3-1-2-4-16(13)20-17/h1-11H/b8-5+. The van der Waals surface area contributed by atoms with Gasteiger partial charge in [0.1, 0.15) is 11.0 Å². The summed E-state index contributed by atoms with van der Waals surface area (Å²) in [7, 11) is 0. The molecule has 3 rings (SSSR count). The Labute approximate surface area is 121 Å². The number of nitrogens with zero attached hydrogens (tertiary/aromatic N) is 1. The normalized spacial score (nSPS) is 11.3. The number of hydrogen-bond acceptors (Lipinski definition) is 1. The van der Waals surface area contributed by atoms with Gasteiger partial charge in [0.2, 0.25) is 0 Å². The molecule has 0 N–H and O–H groups in total. The summed E-state index contributed by atoms with van der Waals surface area (Å²) in [5, 5.41) is 1.50. The predicted molar refractivity (Wildman–Crippen MR) is 82.1 cm³/mol. The van der Waals surface area contributed by atoms with Crippen LogP contribution in [0.5, 0.6) is 0 Å². The minimum Gasteiger partial charge on any atom is -0.235 e. The number of aromatic nitrogens is 1. The van der Waals surface area contributed by atoms with E-state index in [1.54, 1.807) is 12.1 Å². The topological polar surface area (TPSA) is 12.9 Å². The van der Waals surface area contributed by atoms with E-state index in [-0.39, 0.29) is 5.82 Å². The quantitative estimate of drug-likeness (QED) is 0.589. The summed E-state index contributed by atoms with van der Waals surface area (Å²) < 4.78 is 12.8. The molecule has 1 nitrogen and oxygen atoms in total. The highest BCUT2D eigenvalue weighted by Crippen LogP contribution is 2.22. The first kappa shape index (κ1) is 12.8. The third-order valence-corrected chi connectivity index (χ3v) is 3.33. The highest BCUT2D eigenvalue weighted by Gasteiger charge is 2.01. The van der Waals surface area contributed by atoms with Crippen molar-refractivity contribution in [1.82, 2.24) is 4.98 Å². The average molecular weight is 284 g/mol. The van der Waals surface area contributed by atoms with E-state index < -0.39 is 0 Å². The first-order valence-corrected chi connectivity index (χ1v) is 6.59. The molecule has 98 valence electrons. The van der Waals surface area contributed by atoms with Gasteiger partial charge in [-0.05, 0) is 29.8 Å². The minimum absolute atomic E-state index is 0.243. The Bertz CT molecular complexity index is 779. The first-order valence-electron chi connectivity index (χ1n) is 6.21. The summed E-state index contributed by atoms with van der Waals surface area (Å²) in [6.45, 7) is 0. The van der Waals surface area contributed by atoms with Crippen LogP contribution in [0.2, 0.25) is 5.15 Å². The van der Waals surface area contributed by atoms with Crippen LogP contribution in [0, 0.1) is 5.82 Å². The molecule has 0 amide bonds. The van der Waals surface area contributed by atoms with Gasteiger partial charge in [0.05, 0.1) is 5.52 Å². The number of rotatable bonds is 2. The summed E-state index contributed by atoms with van der Waals surface area (Å²) >= 11 is 6.17. The predicted octanol–water partition coefficient (Wildman–Crippen LogP) is 5.20. The third-order valence-electron chi connectivity index (χ3n) is 3.03. The SMILES string of the molecule is Fc1ccc(/C=C/c2cc3ccccc3nc2Cl)cc1. The van der Waals surface area contributed by atoms with Crippen LogP contribution in [0.3, 0.4) is 0 Å². The number of pyridine rings is 1. The molecular formula is C17H11ClFN. The summed E-state index contributed by atoms with van der Waals surface area (Å²) in [4.78, 5) is 4.36. The maximum Gasteiger partial charge on any atom is 0.136 e. The number of halogens is 2. The van der Waals surface area contributed by atoms with E-state index >= 15 is 0 Å². The van der Waals surface area contributed by atoms with E-state index in [4.69, 9.17) is 11.6 Å². The second-order valence-electron chi connectivity index (χ2n) is 4.45. The van der Waals surface area contributed by atoms with Gasteiger partial charge >= 0.3 is 0 Å². The van der Waals surface area contributed by atoms with Gasteiger partial charge in [0, 0.05) is 10.9 Å². The van der Waals surface area contributed by atoms with Crippen LogP contribution in [0.4, 0.5) is 4.39 Å². The molecule has 0 saturated carbocycles. The van der Waals surface area contributed by atoms with E-state index in [1.807, 2.05) is 42.5 Å². The number of hydrogen-bond donors (Lipinski definition) is 0. The summed E-state index contributed by atoms with van der Waals surface area (Å²) in [5.41, 5.74) is 2.63. The van der Waals surface area contributed by atoms with Crippen LogP contribution in [-0.2, 0) is 0 Å². The van der Waals surface area contributed by atoms with E-state index in [2.05, 4.69) is 4.98 Å². The van der Waals surface area contributed by atoms with Crippen LogP contribution in [0.15, 0.2) is 54.6 Å². The lowest BCUT2D eigenvalue weighted by atomic mass is 10.1. The van der Waals surface area contributed by atoms with Crippen LogP contribution >= 0.6 is 11.6 Å². The molecule has 0 bridgehead atoms. The fourth-order valence-corrected chi connectivity index (χ4v) is 2.19. The second-order valence-corrected chi connectivity index (χ2v) is 4.80. The third kappa shape index (κ3) is 2.70. The van der Waals surface area contributed by atoms with Gasteiger partial charge in [-0.15, -0.1) is 0 Å². The highest BCUT2D eigenvalue weighted by molar-refractivity contribution is 6.31. The van der Waals surface area contributed by atoms with Crippen molar-refractivity contribution in [2.75, 3.05) is 0 Å². The minimum atomic E-state index is -0.243. The molecule has 1 aromatic heterocycles. The Balaban J connectivity index is 1.97. The molecule has 0 fully saturated rings. The zero-order valence-corrected chi connectivity index (χ0v) is 11.3. The molecule has 20 heavy (non-hydrogen) atoms. The maximum atomic E-state index is 12.8. The van der Waals surface area contributed by atoms with E-state index in [9.17, 15) is 4.39 Å². The van der Waals surface area contributed by atoms with Gasteiger partial charge in [0.15, 0.2) is 0 Å². The molecule has 0 aliphatic carbocycles. The smallest absolute Gasteiger partial charge is 0.136 e. The molecule has 0 radical (unpaired) electrons. The molecule has 2 aromatic carbocycles. The Morgan fingerprint density at radius 2 is 1.70 bits per heavy atom. The first-order chi connectivity index (χ1) is 9.72. The summed E-state index contributed by atoms with van der Waals surface area (Å²) in [5.74, 6) is -0.243. The van der Waals surface area contributed by atoms with Crippen molar-refractivity contribution in [3.05, 3.63) is 76.7 Å². The Hall–Kier alpha value is -2.19. The van der Waals surface area contributed by atoms with Crippen molar-refractivity contribution < 1.29 is 4.39 Å². The lowest BCUT2D eigenvalue weighted by Crippen LogP contribution is -1.84. The zero-order chi connectivity index (χ0) is 13.9. The van der Waals surface area contributed by atoms with Crippen molar-refractivity contribution in [2.24, 2.45) is 0 Å². The second kappa shape index (κ2) is 5.43. The fraction of sp³-hybridized carbons (Fsp3) is 0. The van der Waals surface area contributed by atoms with Gasteiger partial charge in [-0.25, -0.2) is 9.37 Å². The van der Waals surface area contributed by atoms with Crippen LogP contribution in [0.25, 0.3) is 23.1 Å². The lowest BCUT2D eigenvalue weighted by molar-refractivity contribution is 0.628. The molecule has 0 unspecified atom stereocenters. The maximum absolute atomic E-state index is 12.8. The van der Waals surface area contributed by atoms with E-state index in [0.29, 0.717) is 5.15 Å². The molecule has 0 spiro atoms. The van der Waals surface area contributed by atoms with Crippen molar-refractivity contribution in [2.45, 2.75) is 0 Å². The molecule has 0 aliphatic heterocycles. The molecule has 0 saturated heterocycles. The van der Waals surface area contributed by atoms with Crippen molar-refractivity contribution in [1.29, 1.82) is 0 Å². The van der Waals surface area contributed by atoms with E-state index in [1.165, 1.54) is 12.1 Å². The monoisotopic (exact) mass is 283 g/mol. The van der Waals surface area contributed by atoms with Crippen molar-refractivity contribution in [3.63, 3.8) is 0 Å². The molecule has 1 heterocycles. The molecule has 3 aromatic rings. The molecule has 3 heteroatoms. The Morgan fingerprint density at radius 3 is 2.50 bits per heavy atom. The van der Waals surface area contributed by atoms with Crippen molar-refractivity contribution >= 4 is 34.7 Å². The lowest BCUT2D eigenvalue weighted by Gasteiger charge is -2.02. The highest BCUT2D eigenvalue weighted by atomic mass is 35.5. The largest absolute Gasteiger partial charge is 0.235 e. The molecule has 0 aliphatic rings. The molecule has 0 atom stereocenters. The van der Waals surface area contributed by atoms with Crippen molar-refractivity contribution in [3.8, 4) is 0 Å². The molecular weight excluding hydrogens is 273 g/mol. The van der Waals surface area contributed by atoms with Gasteiger partial charge in [0.25, 0.3) is 0 Å².